The lowest BCUT2D eigenvalue weighted by Crippen LogP contribution is -2.48. The first-order chi connectivity index (χ1) is 13.1. The van der Waals surface area contributed by atoms with E-state index in [-0.39, 0.29) is 5.91 Å². The molecule has 0 aliphatic carbocycles. The molecule has 1 amide bonds. The predicted octanol–water partition coefficient (Wildman–Crippen LogP) is 3.57. The van der Waals surface area contributed by atoms with Crippen LogP contribution in [0, 0.1) is 13.8 Å². The van der Waals surface area contributed by atoms with Crippen molar-refractivity contribution in [3.63, 3.8) is 0 Å². The van der Waals surface area contributed by atoms with E-state index in [0.717, 1.165) is 54.8 Å². The van der Waals surface area contributed by atoms with Crippen molar-refractivity contribution in [3.8, 4) is 0 Å². The summed E-state index contributed by atoms with van der Waals surface area (Å²) in [6.07, 6.45) is 1.83. The van der Waals surface area contributed by atoms with Crippen LogP contribution in [0.3, 0.4) is 0 Å². The number of rotatable bonds is 4. The summed E-state index contributed by atoms with van der Waals surface area (Å²) in [5.74, 6) is 0.140. The Labute approximate surface area is 163 Å². The van der Waals surface area contributed by atoms with Crippen LogP contribution < -0.4 is 4.90 Å². The van der Waals surface area contributed by atoms with E-state index in [0.29, 0.717) is 0 Å². The average Bonchev–Trinajstić information content (AvgIpc) is 3.33. The van der Waals surface area contributed by atoms with Crippen LogP contribution in [0.25, 0.3) is 0 Å². The molecular weight excluding hydrogens is 356 g/mol. The van der Waals surface area contributed by atoms with Gasteiger partial charge in [-0.2, -0.15) is 0 Å². The first kappa shape index (κ1) is 17.8. The molecule has 0 bridgehead atoms. The smallest absolute Gasteiger partial charge is 0.255 e. The van der Waals surface area contributed by atoms with E-state index >= 15 is 0 Å². The second kappa shape index (κ2) is 7.56. The van der Waals surface area contributed by atoms with Gasteiger partial charge in [0.15, 0.2) is 5.13 Å². The SMILES string of the molecule is Cc1cc(C(=O)N2CCN(c3nccs3)CC2)c(C)n1Cc1ccccc1. The number of hydrogen-bond donors (Lipinski definition) is 0. The number of amides is 1. The molecule has 0 saturated carbocycles. The maximum absolute atomic E-state index is 13.1. The minimum Gasteiger partial charge on any atom is -0.345 e. The molecule has 5 nitrogen and oxygen atoms in total. The van der Waals surface area contributed by atoms with E-state index in [1.807, 2.05) is 28.6 Å². The number of benzene rings is 1. The molecule has 1 aromatic carbocycles. The van der Waals surface area contributed by atoms with Gasteiger partial charge < -0.3 is 14.4 Å². The van der Waals surface area contributed by atoms with Gasteiger partial charge in [-0.25, -0.2) is 4.98 Å². The highest BCUT2D eigenvalue weighted by Crippen LogP contribution is 2.22. The van der Waals surface area contributed by atoms with E-state index in [1.54, 1.807) is 11.3 Å². The van der Waals surface area contributed by atoms with Crippen molar-refractivity contribution in [2.24, 2.45) is 0 Å². The fourth-order valence-electron chi connectivity index (χ4n) is 3.67. The van der Waals surface area contributed by atoms with Gasteiger partial charge in [-0.3, -0.25) is 4.79 Å². The molecule has 3 heterocycles. The Hall–Kier alpha value is -2.60. The number of anilines is 1. The van der Waals surface area contributed by atoms with Crippen molar-refractivity contribution in [1.29, 1.82) is 0 Å². The second-order valence-corrected chi connectivity index (χ2v) is 7.82. The van der Waals surface area contributed by atoms with Crippen molar-refractivity contribution < 1.29 is 4.79 Å². The van der Waals surface area contributed by atoms with Gasteiger partial charge in [-0.15, -0.1) is 11.3 Å². The Kier molecular flexibility index (Phi) is 4.99. The number of carbonyl (C=O) groups excluding carboxylic acids is 1. The van der Waals surface area contributed by atoms with Crippen molar-refractivity contribution in [2.45, 2.75) is 20.4 Å². The summed E-state index contributed by atoms with van der Waals surface area (Å²) in [6.45, 7) is 8.07. The maximum atomic E-state index is 13.1. The maximum Gasteiger partial charge on any atom is 0.255 e. The molecule has 0 unspecified atom stereocenters. The fourth-order valence-corrected chi connectivity index (χ4v) is 4.37. The van der Waals surface area contributed by atoms with Crippen LogP contribution in [0.1, 0.15) is 27.3 Å². The zero-order valence-corrected chi connectivity index (χ0v) is 16.6. The normalized spacial score (nSPS) is 14.6. The Balaban J connectivity index is 1.47. The molecule has 1 fully saturated rings. The van der Waals surface area contributed by atoms with Gasteiger partial charge in [-0.05, 0) is 25.5 Å². The summed E-state index contributed by atoms with van der Waals surface area (Å²) in [7, 11) is 0. The number of aromatic nitrogens is 2. The molecule has 1 aliphatic rings. The highest BCUT2D eigenvalue weighted by molar-refractivity contribution is 7.13. The highest BCUT2D eigenvalue weighted by Gasteiger charge is 2.26. The number of aryl methyl sites for hydroxylation is 1. The van der Waals surface area contributed by atoms with E-state index in [4.69, 9.17) is 0 Å². The van der Waals surface area contributed by atoms with E-state index in [9.17, 15) is 4.79 Å². The Morgan fingerprint density at radius 3 is 2.52 bits per heavy atom. The molecule has 0 radical (unpaired) electrons. The zero-order chi connectivity index (χ0) is 18.8. The fraction of sp³-hybridized carbons (Fsp3) is 0.333. The second-order valence-electron chi connectivity index (χ2n) is 6.95. The van der Waals surface area contributed by atoms with Crippen molar-refractivity contribution in [1.82, 2.24) is 14.5 Å². The monoisotopic (exact) mass is 380 g/mol. The Bertz CT molecular complexity index is 909. The zero-order valence-electron chi connectivity index (χ0n) is 15.8. The van der Waals surface area contributed by atoms with Crippen LogP contribution in [0.15, 0.2) is 48.0 Å². The third-order valence-corrected chi connectivity index (χ3v) is 6.08. The average molecular weight is 381 g/mol. The molecule has 27 heavy (non-hydrogen) atoms. The van der Waals surface area contributed by atoms with Gasteiger partial charge in [0.1, 0.15) is 0 Å². The summed E-state index contributed by atoms with van der Waals surface area (Å²) in [5.41, 5.74) is 4.24. The Morgan fingerprint density at radius 2 is 1.85 bits per heavy atom. The van der Waals surface area contributed by atoms with E-state index < -0.39 is 0 Å². The lowest BCUT2D eigenvalue weighted by atomic mass is 10.2. The molecular formula is C21H24N4OS. The van der Waals surface area contributed by atoms with Gasteiger partial charge >= 0.3 is 0 Å². The number of carbonyl (C=O) groups is 1. The van der Waals surface area contributed by atoms with Gasteiger partial charge in [0.2, 0.25) is 0 Å². The van der Waals surface area contributed by atoms with Gasteiger partial charge in [-0.1, -0.05) is 30.3 Å². The van der Waals surface area contributed by atoms with Crippen molar-refractivity contribution in [3.05, 3.63) is 70.5 Å². The quantitative estimate of drug-likeness (QED) is 0.695. The lowest BCUT2D eigenvalue weighted by molar-refractivity contribution is 0.0746. The van der Waals surface area contributed by atoms with Crippen LogP contribution in [0.4, 0.5) is 5.13 Å². The van der Waals surface area contributed by atoms with Crippen molar-refractivity contribution in [2.75, 3.05) is 31.1 Å². The molecule has 0 spiro atoms. The number of piperazine rings is 1. The molecule has 0 atom stereocenters. The van der Waals surface area contributed by atoms with E-state index in [2.05, 4.69) is 52.6 Å². The van der Waals surface area contributed by atoms with Crippen LogP contribution in [-0.2, 0) is 6.54 Å². The molecule has 1 aliphatic heterocycles. The van der Waals surface area contributed by atoms with Gasteiger partial charge in [0.25, 0.3) is 5.91 Å². The molecule has 4 rings (SSSR count). The number of hydrogen-bond acceptors (Lipinski definition) is 4. The molecule has 6 heteroatoms. The minimum atomic E-state index is 0.140. The highest BCUT2D eigenvalue weighted by atomic mass is 32.1. The van der Waals surface area contributed by atoms with Gasteiger partial charge in [0.05, 0.1) is 5.56 Å². The summed E-state index contributed by atoms with van der Waals surface area (Å²) in [5, 5.41) is 3.04. The molecule has 140 valence electrons. The lowest BCUT2D eigenvalue weighted by Gasteiger charge is -2.34. The summed E-state index contributed by atoms with van der Waals surface area (Å²) in [4.78, 5) is 21.7. The summed E-state index contributed by atoms with van der Waals surface area (Å²) >= 11 is 1.65. The minimum absolute atomic E-state index is 0.140. The Morgan fingerprint density at radius 1 is 1.11 bits per heavy atom. The van der Waals surface area contributed by atoms with Gasteiger partial charge in [0, 0.05) is 55.7 Å². The van der Waals surface area contributed by atoms with Crippen LogP contribution in [-0.4, -0.2) is 46.5 Å². The first-order valence-electron chi connectivity index (χ1n) is 9.28. The number of thiazole rings is 1. The third-order valence-electron chi connectivity index (χ3n) is 5.24. The summed E-state index contributed by atoms with van der Waals surface area (Å²) in [6, 6.07) is 12.4. The largest absolute Gasteiger partial charge is 0.345 e. The molecule has 1 saturated heterocycles. The van der Waals surface area contributed by atoms with Crippen LogP contribution in [0.2, 0.25) is 0 Å². The molecule has 3 aromatic rings. The molecule has 2 aromatic heterocycles. The first-order valence-corrected chi connectivity index (χ1v) is 10.2. The van der Waals surface area contributed by atoms with E-state index in [1.165, 1.54) is 5.56 Å². The topological polar surface area (TPSA) is 41.4 Å². The third kappa shape index (κ3) is 3.62. The predicted molar refractivity (Wildman–Crippen MR) is 110 cm³/mol. The van der Waals surface area contributed by atoms with Crippen molar-refractivity contribution >= 4 is 22.4 Å². The molecule has 0 N–H and O–H groups in total. The number of nitrogens with zero attached hydrogens (tertiary/aromatic N) is 4. The van der Waals surface area contributed by atoms with Crippen LogP contribution >= 0.6 is 11.3 Å². The van der Waals surface area contributed by atoms with Crippen LogP contribution in [0.5, 0.6) is 0 Å². The standard InChI is InChI=1S/C21H24N4OS/c1-16-14-19(17(2)25(16)15-18-6-4-3-5-7-18)20(26)23-9-11-24(12-10-23)21-22-8-13-27-21/h3-8,13-14H,9-12,15H2,1-2H3. The summed E-state index contributed by atoms with van der Waals surface area (Å²) < 4.78 is 2.23.